The molecule has 1 unspecified atom stereocenters. The van der Waals surface area contributed by atoms with Gasteiger partial charge in [0.2, 0.25) is 11.5 Å². The van der Waals surface area contributed by atoms with Crippen LogP contribution in [-0.2, 0) is 4.74 Å². The molecule has 6 heteroatoms. The normalized spacial score (nSPS) is 12.2. The Labute approximate surface area is 153 Å². The van der Waals surface area contributed by atoms with Crippen molar-refractivity contribution in [2.24, 2.45) is 0 Å². The highest BCUT2D eigenvalue weighted by atomic mass is 16.6. The van der Waals surface area contributed by atoms with Gasteiger partial charge in [0.15, 0.2) is 11.5 Å². The summed E-state index contributed by atoms with van der Waals surface area (Å²) in [7, 11) is 0. The van der Waals surface area contributed by atoms with Crippen LogP contribution in [0, 0.1) is 0 Å². The van der Waals surface area contributed by atoms with Crippen LogP contribution >= 0.6 is 0 Å². The van der Waals surface area contributed by atoms with E-state index >= 15 is 0 Å². The fourth-order valence-corrected chi connectivity index (χ4v) is 2.97. The number of hydrogen-bond acceptors (Lipinski definition) is 5. The second-order valence-corrected chi connectivity index (χ2v) is 6.13. The Hall–Kier alpha value is -3.67. The summed E-state index contributed by atoms with van der Waals surface area (Å²) in [4.78, 5) is 40.2. The van der Waals surface area contributed by atoms with Gasteiger partial charge in [0, 0.05) is 28.7 Å². The number of rotatable bonds is 4. The Morgan fingerprint density at radius 2 is 1.74 bits per heavy atom. The molecule has 0 saturated carbocycles. The molecule has 0 aliphatic rings. The van der Waals surface area contributed by atoms with Crippen LogP contribution in [0.15, 0.2) is 70.0 Å². The van der Waals surface area contributed by atoms with Gasteiger partial charge in [-0.2, -0.15) is 0 Å². The number of nitrogens with one attached hydrogen (secondary N) is 1. The zero-order valence-electron chi connectivity index (χ0n) is 14.4. The lowest BCUT2D eigenvalue weighted by Crippen LogP contribution is -2.24. The lowest BCUT2D eigenvalue weighted by molar-refractivity contribution is 0.0290. The molecule has 1 atom stereocenters. The highest BCUT2D eigenvalue weighted by Crippen LogP contribution is 2.20. The largest absolute Gasteiger partial charge is 0.449 e. The van der Waals surface area contributed by atoms with E-state index in [-0.39, 0.29) is 22.6 Å². The predicted molar refractivity (Wildman–Crippen MR) is 100.0 cm³/mol. The molecule has 0 bridgehead atoms. The fraction of sp³-hybridized carbons (Fsp3) is 0.0952. The van der Waals surface area contributed by atoms with Crippen molar-refractivity contribution in [1.82, 2.24) is 4.98 Å². The van der Waals surface area contributed by atoms with Crippen molar-refractivity contribution in [2.45, 2.75) is 13.0 Å². The summed E-state index contributed by atoms with van der Waals surface area (Å²) in [5.74, 6) is -1.44. The first-order valence-electron chi connectivity index (χ1n) is 8.39. The second kappa shape index (κ2) is 6.57. The summed E-state index contributed by atoms with van der Waals surface area (Å²) in [6.45, 7) is 1.49. The first-order valence-corrected chi connectivity index (χ1v) is 8.39. The summed E-state index contributed by atoms with van der Waals surface area (Å²) < 4.78 is 10.7. The maximum Gasteiger partial charge on any atom is 0.375 e. The smallest absolute Gasteiger partial charge is 0.375 e. The fourth-order valence-electron chi connectivity index (χ4n) is 2.97. The molecule has 27 heavy (non-hydrogen) atoms. The number of para-hydroxylation sites is 2. The zero-order valence-corrected chi connectivity index (χ0v) is 14.4. The minimum atomic E-state index is -1.03. The second-order valence-electron chi connectivity index (χ2n) is 6.13. The molecule has 134 valence electrons. The van der Waals surface area contributed by atoms with E-state index in [0.29, 0.717) is 10.9 Å². The van der Waals surface area contributed by atoms with Crippen LogP contribution in [0.5, 0.6) is 0 Å². The first kappa shape index (κ1) is 16.8. The number of hydrogen-bond donors (Lipinski definition) is 1. The van der Waals surface area contributed by atoms with Gasteiger partial charge >= 0.3 is 5.97 Å². The van der Waals surface area contributed by atoms with E-state index in [4.69, 9.17) is 9.15 Å². The molecule has 1 N–H and O–H groups in total. The van der Waals surface area contributed by atoms with Crippen LogP contribution in [0.3, 0.4) is 0 Å². The molecule has 2 aromatic heterocycles. The van der Waals surface area contributed by atoms with Crippen molar-refractivity contribution in [3.05, 3.63) is 82.3 Å². The first-order chi connectivity index (χ1) is 13.0. The van der Waals surface area contributed by atoms with Crippen molar-refractivity contribution in [1.29, 1.82) is 0 Å². The molecule has 0 saturated heterocycles. The minimum Gasteiger partial charge on any atom is -0.449 e. The van der Waals surface area contributed by atoms with E-state index < -0.39 is 12.1 Å². The summed E-state index contributed by atoms with van der Waals surface area (Å²) in [5.41, 5.74) is 1.19. The summed E-state index contributed by atoms with van der Waals surface area (Å²) in [5, 5.41) is 1.12. The van der Waals surface area contributed by atoms with E-state index in [1.807, 2.05) is 24.3 Å². The number of carbonyl (C=O) groups excluding carboxylic acids is 2. The Morgan fingerprint density at radius 3 is 2.56 bits per heavy atom. The predicted octanol–water partition coefficient (Wildman–Crippen LogP) is 3.70. The lowest BCUT2D eigenvalue weighted by Gasteiger charge is -2.11. The van der Waals surface area contributed by atoms with Crippen LogP contribution in [0.1, 0.15) is 27.8 Å². The molecule has 0 spiro atoms. The molecular formula is C21H15NO5. The lowest BCUT2D eigenvalue weighted by atomic mass is 10.1. The molecule has 0 fully saturated rings. The third-order valence-corrected chi connectivity index (χ3v) is 4.34. The molecule has 0 aliphatic carbocycles. The molecule has 2 heterocycles. The van der Waals surface area contributed by atoms with E-state index in [1.165, 1.54) is 6.92 Å². The Balaban J connectivity index is 1.59. The van der Waals surface area contributed by atoms with Gasteiger partial charge in [-0.05, 0) is 25.1 Å². The van der Waals surface area contributed by atoms with Gasteiger partial charge in [-0.25, -0.2) is 4.79 Å². The standard InChI is InChI=1S/C21H15NO5/c1-12(20(24)15-11-22-16-8-4-2-6-13(15)16)26-21(25)19-10-17(23)14-7-3-5-9-18(14)27-19/h2-12,22H,1H3. The third kappa shape index (κ3) is 3.01. The summed E-state index contributed by atoms with van der Waals surface area (Å²) in [6, 6.07) is 15.0. The number of carbonyl (C=O) groups is 2. The van der Waals surface area contributed by atoms with E-state index in [1.54, 1.807) is 30.5 Å². The van der Waals surface area contributed by atoms with Crippen LogP contribution < -0.4 is 5.43 Å². The number of aromatic nitrogens is 1. The number of ether oxygens (including phenoxy) is 1. The van der Waals surface area contributed by atoms with Crippen LogP contribution in [-0.4, -0.2) is 22.8 Å². The van der Waals surface area contributed by atoms with Crippen molar-refractivity contribution < 1.29 is 18.7 Å². The maximum atomic E-state index is 12.7. The summed E-state index contributed by atoms with van der Waals surface area (Å²) >= 11 is 0. The van der Waals surface area contributed by atoms with Crippen molar-refractivity contribution in [2.75, 3.05) is 0 Å². The van der Waals surface area contributed by atoms with Gasteiger partial charge < -0.3 is 14.1 Å². The zero-order chi connectivity index (χ0) is 19.0. The number of ketones is 1. The third-order valence-electron chi connectivity index (χ3n) is 4.34. The number of fused-ring (bicyclic) bond motifs is 2. The van der Waals surface area contributed by atoms with Crippen LogP contribution in [0.4, 0.5) is 0 Å². The molecule has 4 rings (SSSR count). The van der Waals surface area contributed by atoms with Gasteiger partial charge in [0.1, 0.15) is 5.58 Å². The number of aromatic amines is 1. The molecule has 2 aromatic carbocycles. The molecule has 0 amide bonds. The quantitative estimate of drug-likeness (QED) is 0.442. The number of H-pyrrole nitrogens is 1. The molecule has 0 aliphatic heterocycles. The monoisotopic (exact) mass is 361 g/mol. The SMILES string of the molecule is CC(OC(=O)c1cc(=O)c2ccccc2o1)C(=O)c1c[nH]c2ccccc12. The Morgan fingerprint density at radius 1 is 1.04 bits per heavy atom. The summed E-state index contributed by atoms with van der Waals surface area (Å²) in [6.07, 6.45) is 0.557. The van der Waals surface area contributed by atoms with Crippen molar-refractivity contribution in [3.8, 4) is 0 Å². The van der Waals surface area contributed by atoms with E-state index in [0.717, 1.165) is 17.0 Å². The highest BCUT2D eigenvalue weighted by molar-refractivity contribution is 6.10. The number of esters is 1. The van der Waals surface area contributed by atoms with Crippen molar-refractivity contribution >= 4 is 33.6 Å². The van der Waals surface area contributed by atoms with Gasteiger partial charge in [0.25, 0.3) is 0 Å². The number of Topliss-reactive ketones (excluding diaryl/α,β-unsaturated/α-hetero) is 1. The van der Waals surface area contributed by atoms with E-state index in [9.17, 15) is 14.4 Å². The Kier molecular flexibility index (Phi) is 4.08. The average molecular weight is 361 g/mol. The minimum absolute atomic E-state index is 0.239. The molecule has 0 radical (unpaired) electrons. The van der Waals surface area contributed by atoms with Crippen LogP contribution in [0.25, 0.3) is 21.9 Å². The average Bonchev–Trinajstić information content (AvgIpc) is 3.11. The maximum absolute atomic E-state index is 12.7. The topological polar surface area (TPSA) is 89.4 Å². The highest BCUT2D eigenvalue weighted by Gasteiger charge is 2.24. The van der Waals surface area contributed by atoms with Gasteiger partial charge in [-0.3, -0.25) is 9.59 Å². The Bertz CT molecular complexity index is 1230. The molecule has 6 nitrogen and oxygen atoms in total. The van der Waals surface area contributed by atoms with Crippen LogP contribution in [0.2, 0.25) is 0 Å². The molecular weight excluding hydrogens is 346 g/mol. The molecule has 4 aromatic rings. The van der Waals surface area contributed by atoms with Gasteiger partial charge in [0.05, 0.1) is 5.39 Å². The van der Waals surface area contributed by atoms with E-state index in [2.05, 4.69) is 4.98 Å². The van der Waals surface area contributed by atoms with Gasteiger partial charge in [-0.1, -0.05) is 30.3 Å². The van der Waals surface area contributed by atoms with Crippen molar-refractivity contribution in [3.63, 3.8) is 0 Å². The van der Waals surface area contributed by atoms with Gasteiger partial charge in [-0.15, -0.1) is 0 Å². The number of benzene rings is 2.